The van der Waals surface area contributed by atoms with Crippen LogP contribution >= 0.6 is 22.6 Å². The number of rotatable bonds is 1. The largest absolute Gasteiger partial charge is 0.383 e. The van der Waals surface area contributed by atoms with E-state index in [0.717, 1.165) is 20.3 Å². The van der Waals surface area contributed by atoms with E-state index in [1.54, 1.807) is 11.1 Å². The summed E-state index contributed by atoms with van der Waals surface area (Å²) in [5.41, 5.74) is 1.56. The molecule has 1 saturated heterocycles. The number of anilines is 1. The molecule has 6 heteroatoms. The summed E-state index contributed by atoms with van der Waals surface area (Å²) in [7, 11) is 0. The molecule has 0 spiro atoms. The lowest BCUT2D eigenvalue weighted by atomic mass is 10.3. The number of pyridine rings is 1. The summed E-state index contributed by atoms with van der Waals surface area (Å²) in [4.78, 5) is 20.6. The number of aromatic nitrogens is 2. The lowest BCUT2D eigenvalue weighted by Gasteiger charge is -2.15. The Balaban J connectivity index is 2.06. The molecular weight excluding hydrogens is 333 g/mol. The highest BCUT2D eigenvalue weighted by Crippen LogP contribution is 2.26. The number of hydrogen-bond acceptors (Lipinski definition) is 3. The molecule has 2 N–H and O–H groups in total. The quantitative estimate of drug-likeness (QED) is 0.766. The second-order valence-electron chi connectivity index (χ2n) is 4.02. The maximum atomic E-state index is 11.7. The Labute approximate surface area is 111 Å². The number of fused-ring (bicyclic) bond motifs is 1. The van der Waals surface area contributed by atoms with Crippen molar-refractivity contribution in [3.05, 3.63) is 22.0 Å². The van der Waals surface area contributed by atoms with E-state index >= 15 is 0 Å². The average Bonchev–Trinajstić information content (AvgIpc) is 2.85. The Hall–Kier alpha value is -1.15. The number of amides is 1. The summed E-state index contributed by atoms with van der Waals surface area (Å²) < 4.78 is 1.07. The smallest absolute Gasteiger partial charge is 0.255 e. The minimum atomic E-state index is -0.865. The van der Waals surface area contributed by atoms with Crippen LogP contribution in [0.25, 0.3) is 11.0 Å². The van der Waals surface area contributed by atoms with Gasteiger partial charge >= 0.3 is 0 Å². The molecule has 0 unspecified atom stereocenters. The van der Waals surface area contributed by atoms with Crippen molar-refractivity contribution < 1.29 is 9.90 Å². The predicted molar refractivity (Wildman–Crippen MR) is 71.8 cm³/mol. The molecule has 1 aliphatic rings. The monoisotopic (exact) mass is 343 g/mol. The van der Waals surface area contributed by atoms with Crippen LogP contribution in [0, 0.1) is 3.57 Å². The highest BCUT2D eigenvalue weighted by Gasteiger charge is 2.31. The van der Waals surface area contributed by atoms with Crippen molar-refractivity contribution in [1.29, 1.82) is 0 Å². The Morgan fingerprint density at radius 2 is 2.41 bits per heavy atom. The van der Waals surface area contributed by atoms with Gasteiger partial charge in [0, 0.05) is 28.1 Å². The first kappa shape index (κ1) is 11.0. The van der Waals surface area contributed by atoms with Gasteiger partial charge in [0.2, 0.25) is 0 Å². The molecule has 0 radical (unpaired) electrons. The first-order chi connectivity index (χ1) is 8.16. The first-order valence-electron chi connectivity index (χ1n) is 5.29. The van der Waals surface area contributed by atoms with E-state index in [0.29, 0.717) is 13.0 Å². The fourth-order valence-corrected chi connectivity index (χ4v) is 2.60. The molecule has 3 heterocycles. The SMILES string of the molecule is O=C1[C@H](O)CCN1c1cnc2[nH]cc(I)c2c1. The van der Waals surface area contributed by atoms with Gasteiger partial charge in [0.1, 0.15) is 11.8 Å². The van der Waals surface area contributed by atoms with Crippen LogP contribution in [0.15, 0.2) is 18.5 Å². The van der Waals surface area contributed by atoms with Gasteiger partial charge in [-0.05, 0) is 28.7 Å². The Morgan fingerprint density at radius 3 is 3.12 bits per heavy atom. The van der Waals surface area contributed by atoms with Crippen LogP contribution in [0.4, 0.5) is 5.69 Å². The van der Waals surface area contributed by atoms with E-state index in [-0.39, 0.29) is 5.91 Å². The van der Waals surface area contributed by atoms with E-state index in [9.17, 15) is 9.90 Å². The van der Waals surface area contributed by atoms with Gasteiger partial charge in [0.05, 0.1) is 11.9 Å². The van der Waals surface area contributed by atoms with E-state index < -0.39 is 6.10 Å². The average molecular weight is 343 g/mol. The second-order valence-corrected chi connectivity index (χ2v) is 5.18. The number of nitrogens with zero attached hydrogens (tertiary/aromatic N) is 2. The molecule has 1 aliphatic heterocycles. The summed E-state index contributed by atoms with van der Waals surface area (Å²) in [5.74, 6) is -0.239. The number of carbonyl (C=O) groups is 1. The van der Waals surface area contributed by atoms with Gasteiger partial charge in [-0.25, -0.2) is 4.98 Å². The van der Waals surface area contributed by atoms with Gasteiger partial charge < -0.3 is 15.0 Å². The molecule has 1 fully saturated rings. The van der Waals surface area contributed by atoms with Crippen molar-refractivity contribution in [3.63, 3.8) is 0 Å². The van der Waals surface area contributed by atoms with Crippen LogP contribution in [-0.2, 0) is 4.79 Å². The summed E-state index contributed by atoms with van der Waals surface area (Å²) in [6.45, 7) is 0.550. The molecule has 17 heavy (non-hydrogen) atoms. The van der Waals surface area contributed by atoms with Gasteiger partial charge in [-0.15, -0.1) is 0 Å². The lowest BCUT2D eigenvalue weighted by Crippen LogP contribution is -2.29. The van der Waals surface area contributed by atoms with Crippen LogP contribution in [-0.4, -0.2) is 33.6 Å². The van der Waals surface area contributed by atoms with Crippen molar-refractivity contribution in [2.75, 3.05) is 11.4 Å². The molecule has 88 valence electrons. The summed E-state index contributed by atoms with van der Waals surface area (Å²) in [6.07, 6.45) is 3.16. The number of carbonyl (C=O) groups excluding carboxylic acids is 1. The minimum Gasteiger partial charge on any atom is -0.383 e. The number of aromatic amines is 1. The predicted octanol–water partition coefficient (Wildman–Crippen LogP) is 1.27. The summed E-state index contributed by atoms with van der Waals surface area (Å²) >= 11 is 2.22. The summed E-state index contributed by atoms with van der Waals surface area (Å²) in [6, 6.07) is 1.93. The van der Waals surface area contributed by atoms with E-state index in [1.807, 2.05) is 12.3 Å². The third-order valence-corrected chi connectivity index (χ3v) is 3.85. The van der Waals surface area contributed by atoms with Crippen LogP contribution < -0.4 is 4.90 Å². The van der Waals surface area contributed by atoms with E-state index in [4.69, 9.17) is 0 Å². The fraction of sp³-hybridized carbons (Fsp3) is 0.273. The topological polar surface area (TPSA) is 69.2 Å². The lowest BCUT2D eigenvalue weighted by molar-refractivity contribution is -0.123. The molecule has 0 aromatic carbocycles. The minimum absolute atomic E-state index is 0.239. The Bertz CT molecular complexity index is 595. The molecule has 2 aromatic heterocycles. The van der Waals surface area contributed by atoms with Crippen LogP contribution in [0.1, 0.15) is 6.42 Å². The Kier molecular flexibility index (Phi) is 2.55. The number of halogens is 1. The number of H-pyrrole nitrogens is 1. The molecular formula is C11H10IN3O2. The van der Waals surface area contributed by atoms with E-state index in [1.165, 1.54) is 0 Å². The molecule has 1 amide bonds. The zero-order valence-electron chi connectivity index (χ0n) is 8.85. The zero-order chi connectivity index (χ0) is 12.0. The van der Waals surface area contributed by atoms with Gasteiger partial charge in [-0.1, -0.05) is 0 Å². The van der Waals surface area contributed by atoms with Gasteiger partial charge in [0.15, 0.2) is 0 Å². The molecule has 0 saturated carbocycles. The zero-order valence-corrected chi connectivity index (χ0v) is 11.0. The normalized spacial score (nSPS) is 20.5. The van der Waals surface area contributed by atoms with Crippen molar-refractivity contribution in [3.8, 4) is 0 Å². The molecule has 0 bridgehead atoms. The second kappa shape index (κ2) is 3.95. The number of hydrogen-bond donors (Lipinski definition) is 2. The molecule has 1 atom stereocenters. The molecule has 0 aliphatic carbocycles. The van der Waals surface area contributed by atoms with Gasteiger partial charge in [-0.2, -0.15) is 0 Å². The van der Waals surface area contributed by atoms with Crippen molar-refractivity contribution in [2.45, 2.75) is 12.5 Å². The highest BCUT2D eigenvalue weighted by atomic mass is 127. The van der Waals surface area contributed by atoms with Crippen molar-refractivity contribution in [1.82, 2.24) is 9.97 Å². The van der Waals surface area contributed by atoms with Crippen molar-refractivity contribution >= 4 is 45.2 Å². The Morgan fingerprint density at radius 1 is 1.59 bits per heavy atom. The van der Waals surface area contributed by atoms with Crippen LogP contribution in [0.2, 0.25) is 0 Å². The maximum absolute atomic E-state index is 11.7. The third kappa shape index (κ3) is 1.71. The first-order valence-corrected chi connectivity index (χ1v) is 6.37. The summed E-state index contributed by atoms with van der Waals surface area (Å²) in [5, 5.41) is 10.4. The van der Waals surface area contributed by atoms with Crippen molar-refractivity contribution in [2.24, 2.45) is 0 Å². The highest BCUT2D eigenvalue weighted by molar-refractivity contribution is 14.1. The number of nitrogens with one attached hydrogen (secondary N) is 1. The maximum Gasteiger partial charge on any atom is 0.255 e. The number of aliphatic hydroxyl groups excluding tert-OH is 1. The molecule has 2 aromatic rings. The van der Waals surface area contributed by atoms with Gasteiger partial charge in [-0.3, -0.25) is 4.79 Å². The standard InChI is InChI=1S/C11H10IN3O2/c12-8-5-14-10-7(8)3-6(4-13-10)15-2-1-9(16)11(15)17/h3-5,9,16H,1-2H2,(H,13,14)/t9-/m1/s1. The van der Waals surface area contributed by atoms with Crippen LogP contribution in [0.5, 0.6) is 0 Å². The van der Waals surface area contributed by atoms with Crippen LogP contribution in [0.3, 0.4) is 0 Å². The molecule has 5 nitrogen and oxygen atoms in total. The van der Waals surface area contributed by atoms with Gasteiger partial charge in [0.25, 0.3) is 5.91 Å². The number of aliphatic hydroxyl groups is 1. The fourth-order valence-electron chi connectivity index (χ4n) is 2.03. The molecule has 3 rings (SSSR count). The third-order valence-electron chi connectivity index (χ3n) is 2.96. The van der Waals surface area contributed by atoms with E-state index in [2.05, 4.69) is 32.6 Å².